The van der Waals surface area contributed by atoms with Gasteiger partial charge in [-0.3, -0.25) is 0 Å². The minimum absolute atomic E-state index is 0.668. The Morgan fingerprint density at radius 2 is 0.920 bits per heavy atom. The molecule has 50 heavy (non-hydrogen) atoms. The molecule has 0 amide bonds. The van der Waals surface area contributed by atoms with E-state index in [0.717, 1.165) is 94.2 Å². The van der Waals surface area contributed by atoms with Crippen molar-refractivity contribution in [3.8, 4) is 56.2 Å². The summed E-state index contributed by atoms with van der Waals surface area (Å²) in [5.41, 5.74) is 12.3. The molecular weight excluding hydrogens is 613 g/mol. The monoisotopic (exact) mass is 640 g/mol. The predicted octanol–water partition coefficient (Wildman–Crippen LogP) is 12.6. The molecule has 10 aromatic rings. The number of rotatable bonds is 5. The van der Waals surface area contributed by atoms with Gasteiger partial charge < -0.3 is 8.83 Å². The molecule has 0 bridgehead atoms. The molecule has 0 fully saturated rings. The fraction of sp³-hybridized carbons (Fsp3) is 0. The molecule has 10 rings (SSSR count). The highest BCUT2D eigenvalue weighted by molar-refractivity contribution is 6.16. The van der Waals surface area contributed by atoms with E-state index in [4.69, 9.17) is 18.8 Å². The SMILES string of the molecule is c1ccc(-c2nc(-c3ccccc3-c3ccccc3)cc(-c3ccc(-c4ccc5c(c4)oc4ccccc45)c4oc5ccccc5c34)n2)cc1. The summed E-state index contributed by atoms with van der Waals surface area (Å²) in [5, 5.41) is 4.26. The molecular formula is C46H28N2O2. The fourth-order valence-electron chi connectivity index (χ4n) is 7.18. The van der Waals surface area contributed by atoms with E-state index >= 15 is 0 Å². The molecule has 0 saturated carbocycles. The van der Waals surface area contributed by atoms with Gasteiger partial charge in [0.25, 0.3) is 0 Å². The van der Waals surface area contributed by atoms with Crippen LogP contribution in [0.2, 0.25) is 0 Å². The van der Waals surface area contributed by atoms with E-state index in [1.165, 1.54) is 0 Å². The van der Waals surface area contributed by atoms with Crippen molar-refractivity contribution in [1.82, 2.24) is 9.97 Å². The summed E-state index contributed by atoms with van der Waals surface area (Å²) in [7, 11) is 0. The summed E-state index contributed by atoms with van der Waals surface area (Å²) in [6.45, 7) is 0. The Labute approximate surface area is 287 Å². The van der Waals surface area contributed by atoms with Gasteiger partial charge in [-0.15, -0.1) is 0 Å². The number of aromatic nitrogens is 2. The van der Waals surface area contributed by atoms with E-state index in [-0.39, 0.29) is 0 Å². The molecule has 0 N–H and O–H groups in total. The molecule has 0 aliphatic rings. The van der Waals surface area contributed by atoms with Gasteiger partial charge in [-0.1, -0.05) is 133 Å². The third-order valence-electron chi connectivity index (χ3n) is 9.54. The normalized spacial score (nSPS) is 11.6. The van der Waals surface area contributed by atoms with Crippen molar-refractivity contribution >= 4 is 43.9 Å². The first kappa shape index (κ1) is 28.3. The summed E-state index contributed by atoms with van der Waals surface area (Å²) < 4.78 is 13.0. The van der Waals surface area contributed by atoms with Crippen molar-refractivity contribution in [2.24, 2.45) is 0 Å². The standard InChI is InChI=1S/C46H28N2O2/c1-3-13-29(14-4-1)32-17-7-8-18-34(32)39-28-40(48-46(47-39)30-15-5-2-6-16-30)37-26-25-33(45-44(37)38-20-10-12-22-42(38)50-45)31-23-24-36-35-19-9-11-21-41(35)49-43(36)27-31/h1-28H. The summed E-state index contributed by atoms with van der Waals surface area (Å²) in [6, 6.07) is 58.4. The van der Waals surface area contributed by atoms with E-state index in [9.17, 15) is 0 Å². The van der Waals surface area contributed by atoms with Crippen molar-refractivity contribution in [3.63, 3.8) is 0 Å². The van der Waals surface area contributed by atoms with Crippen LogP contribution in [0.4, 0.5) is 0 Å². The molecule has 0 saturated heterocycles. The second-order valence-corrected chi connectivity index (χ2v) is 12.5. The average Bonchev–Trinajstić information content (AvgIpc) is 3.77. The van der Waals surface area contributed by atoms with Gasteiger partial charge in [0.1, 0.15) is 22.3 Å². The Morgan fingerprint density at radius 3 is 1.70 bits per heavy atom. The van der Waals surface area contributed by atoms with Crippen molar-refractivity contribution in [1.29, 1.82) is 0 Å². The Morgan fingerprint density at radius 1 is 0.340 bits per heavy atom. The number of nitrogens with zero attached hydrogens (tertiary/aromatic N) is 2. The van der Waals surface area contributed by atoms with E-state index < -0.39 is 0 Å². The van der Waals surface area contributed by atoms with Gasteiger partial charge in [0.15, 0.2) is 5.82 Å². The van der Waals surface area contributed by atoms with Crippen LogP contribution in [0.1, 0.15) is 0 Å². The first-order valence-corrected chi connectivity index (χ1v) is 16.7. The second kappa shape index (κ2) is 11.4. The van der Waals surface area contributed by atoms with Gasteiger partial charge in [-0.25, -0.2) is 9.97 Å². The highest BCUT2D eigenvalue weighted by atomic mass is 16.3. The summed E-state index contributed by atoms with van der Waals surface area (Å²) in [5.74, 6) is 0.668. The van der Waals surface area contributed by atoms with Crippen molar-refractivity contribution in [2.75, 3.05) is 0 Å². The van der Waals surface area contributed by atoms with E-state index in [2.05, 4.69) is 115 Å². The van der Waals surface area contributed by atoms with Crippen LogP contribution in [0, 0.1) is 0 Å². The maximum atomic E-state index is 6.70. The third-order valence-corrected chi connectivity index (χ3v) is 9.54. The molecule has 4 nitrogen and oxygen atoms in total. The molecule has 4 heteroatoms. The molecule has 0 aliphatic heterocycles. The van der Waals surface area contributed by atoms with Gasteiger partial charge in [-0.05, 0) is 53.1 Å². The first-order valence-electron chi connectivity index (χ1n) is 16.7. The zero-order chi connectivity index (χ0) is 33.0. The zero-order valence-electron chi connectivity index (χ0n) is 26.9. The highest BCUT2D eigenvalue weighted by Crippen LogP contribution is 2.43. The molecule has 234 valence electrons. The van der Waals surface area contributed by atoms with E-state index in [1.807, 2.05) is 54.6 Å². The maximum Gasteiger partial charge on any atom is 0.160 e. The largest absolute Gasteiger partial charge is 0.456 e. The van der Waals surface area contributed by atoms with Crippen LogP contribution in [-0.2, 0) is 0 Å². The summed E-state index contributed by atoms with van der Waals surface area (Å²) in [4.78, 5) is 10.4. The first-order chi connectivity index (χ1) is 24.8. The Bertz CT molecular complexity index is 2870. The van der Waals surface area contributed by atoms with Crippen LogP contribution in [0.3, 0.4) is 0 Å². The van der Waals surface area contributed by atoms with Crippen LogP contribution in [0.25, 0.3) is 100 Å². The van der Waals surface area contributed by atoms with Crippen LogP contribution >= 0.6 is 0 Å². The smallest absolute Gasteiger partial charge is 0.160 e. The molecule has 3 aromatic heterocycles. The van der Waals surface area contributed by atoms with Gasteiger partial charge in [-0.2, -0.15) is 0 Å². The summed E-state index contributed by atoms with van der Waals surface area (Å²) >= 11 is 0. The Kier molecular flexibility index (Phi) is 6.46. The number of furan rings is 2. The van der Waals surface area contributed by atoms with Crippen molar-refractivity contribution in [2.45, 2.75) is 0 Å². The van der Waals surface area contributed by atoms with Gasteiger partial charge in [0.2, 0.25) is 0 Å². The van der Waals surface area contributed by atoms with E-state index in [1.54, 1.807) is 0 Å². The lowest BCUT2D eigenvalue weighted by atomic mass is 9.94. The molecule has 0 unspecified atom stereocenters. The predicted molar refractivity (Wildman–Crippen MR) is 204 cm³/mol. The lowest BCUT2D eigenvalue weighted by Gasteiger charge is -2.14. The zero-order valence-corrected chi connectivity index (χ0v) is 26.9. The number of benzene rings is 7. The van der Waals surface area contributed by atoms with Crippen LogP contribution in [-0.4, -0.2) is 9.97 Å². The van der Waals surface area contributed by atoms with Gasteiger partial charge in [0, 0.05) is 43.8 Å². The van der Waals surface area contributed by atoms with Crippen LogP contribution in [0.5, 0.6) is 0 Å². The number of hydrogen-bond donors (Lipinski definition) is 0. The Hall–Kier alpha value is -6.78. The Balaban J connectivity index is 1.22. The van der Waals surface area contributed by atoms with E-state index in [0.29, 0.717) is 5.82 Å². The number of para-hydroxylation sites is 2. The number of fused-ring (bicyclic) bond motifs is 6. The molecule has 3 heterocycles. The minimum atomic E-state index is 0.668. The highest BCUT2D eigenvalue weighted by Gasteiger charge is 2.21. The number of hydrogen-bond acceptors (Lipinski definition) is 4. The van der Waals surface area contributed by atoms with Crippen LogP contribution in [0.15, 0.2) is 179 Å². The van der Waals surface area contributed by atoms with Gasteiger partial charge >= 0.3 is 0 Å². The van der Waals surface area contributed by atoms with Crippen molar-refractivity contribution < 1.29 is 8.83 Å². The third kappa shape index (κ3) is 4.61. The lowest BCUT2D eigenvalue weighted by molar-refractivity contribution is 0.668. The topological polar surface area (TPSA) is 52.1 Å². The second-order valence-electron chi connectivity index (χ2n) is 12.5. The maximum absolute atomic E-state index is 6.70. The fourth-order valence-corrected chi connectivity index (χ4v) is 7.18. The average molecular weight is 641 g/mol. The minimum Gasteiger partial charge on any atom is -0.456 e. The molecule has 0 spiro atoms. The molecule has 0 radical (unpaired) electrons. The van der Waals surface area contributed by atoms with Crippen molar-refractivity contribution in [3.05, 3.63) is 170 Å². The quantitative estimate of drug-likeness (QED) is 0.188. The van der Waals surface area contributed by atoms with Gasteiger partial charge in [0.05, 0.1) is 11.4 Å². The molecule has 0 aliphatic carbocycles. The lowest BCUT2D eigenvalue weighted by Crippen LogP contribution is -1.97. The molecule has 0 atom stereocenters. The van der Waals surface area contributed by atoms with Crippen LogP contribution < -0.4 is 0 Å². The summed E-state index contributed by atoms with van der Waals surface area (Å²) in [6.07, 6.45) is 0. The molecule has 7 aromatic carbocycles.